The van der Waals surface area contributed by atoms with Gasteiger partial charge in [-0.3, -0.25) is 53.0 Å². The summed E-state index contributed by atoms with van der Waals surface area (Å²) in [7, 11) is 1.62. The zero-order valence-electron chi connectivity index (χ0n) is 30.6. The van der Waals surface area contributed by atoms with Gasteiger partial charge in [0.2, 0.25) is 23.6 Å². The number of aliphatic carboxylic acids is 1. The van der Waals surface area contributed by atoms with E-state index < -0.39 is 53.4 Å². The summed E-state index contributed by atoms with van der Waals surface area (Å²) in [6.45, 7) is 4.08. The quantitative estimate of drug-likeness (QED) is 0.0610. The van der Waals surface area contributed by atoms with Crippen molar-refractivity contribution in [1.82, 2.24) is 30.7 Å². The maximum atomic E-state index is 13.3. The number of rotatable bonds is 27. The van der Waals surface area contributed by atoms with Crippen LogP contribution in [0, 0.1) is 0 Å². The van der Waals surface area contributed by atoms with Crippen LogP contribution in [0.1, 0.15) is 71.6 Å². The lowest BCUT2D eigenvalue weighted by Gasteiger charge is -2.27. The van der Waals surface area contributed by atoms with Crippen molar-refractivity contribution in [3.63, 3.8) is 0 Å². The number of methoxy groups -OCH3 is 1. The number of unbranched alkanes of at least 4 members (excludes halogenated alkanes) is 1. The van der Waals surface area contributed by atoms with Crippen LogP contribution in [0.25, 0.3) is 0 Å². The van der Waals surface area contributed by atoms with Crippen molar-refractivity contribution in [2.24, 2.45) is 0 Å². The zero-order valence-corrected chi connectivity index (χ0v) is 30.6. The minimum Gasteiger partial charge on any atom is -0.481 e. The minimum atomic E-state index is -1.02. The fraction of sp³-hybridized carbons (Fsp3) is 0.629. The average molecular weight is 749 g/mol. The summed E-state index contributed by atoms with van der Waals surface area (Å²) in [5.41, 5.74) is 0. The van der Waals surface area contributed by atoms with E-state index in [1.807, 2.05) is 6.92 Å². The SMILES string of the molecule is COC(C)CCOC(C)CC(=O)NCCCC[C@H](NC(=O)CCC(=O)N(CCN1C(=O)C=CC1=O)CCN1C(=O)C=CC1=O)C(=O)NCCCC(=O)O. The van der Waals surface area contributed by atoms with Gasteiger partial charge in [0.25, 0.3) is 23.6 Å². The molecule has 0 saturated carbocycles. The molecule has 0 aliphatic carbocycles. The van der Waals surface area contributed by atoms with Gasteiger partial charge < -0.3 is 35.4 Å². The summed E-state index contributed by atoms with van der Waals surface area (Å²) in [4.78, 5) is 114. The molecule has 18 nitrogen and oxygen atoms in total. The van der Waals surface area contributed by atoms with E-state index in [9.17, 15) is 43.2 Å². The van der Waals surface area contributed by atoms with Crippen LogP contribution in [-0.4, -0.2) is 144 Å². The van der Waals surface area contributed by atoms with Gasteiger partial charge in [-0.25, -0.2) is 0 Å². The van der Waals surface area contributed by atoms with E-state index >= 15 is 0 Å². The molecule has 53 heavy (non-hydrogen) atoms. The molecule has 2 rings (SSSR count). The number of hydrogen-bond donors (Lipinski definition) is 4. The monoisotopic (exact) mass is 748 g/mol. The molecule has 2 aliphatic rings. The first kappa shape index (κ1) is 44.2. The van der Waals surface area contributed by atoms with Crippen LogP contribution >= 0.6 is 0 Å². The molecule has 2 aliphatic heterocycles. The Morgan fingerprint density at radius 2 is 1.30 bits per heavy atom. The van der Waals surface area contributed by atoms with Crippen molar-refractivity contribution in [2.75, 3.05) is 53.0 Å². The molecular weight excluding hydrogens is 696 g/mol. The first-order valence-electron chi connectivity index (χ1n) is 17.8. The smallest absolute Gasteiger partial charge is 0.303 e. The zero-order chi connectivity index (χ0) is 39.3. The standard InChI is InChI=1S/C35H52N6O12/c1-24(52-3)15-22-53-25(2)23-28(43)36-16-5-4-7-26(35(51)37-17-6-8-34(49)50)38-27(42)9-10-29(44)39(18-20-40-30(45)11-12-31(40)46)19-21-41-32(47)13-14-33(41)48/h11-14,24-26H,4-10,15-23H2,1-3H3,(H,36,43)(H,37,51)(H,38,42)(H,49,50)/t24?,25?,26-/m0/s1. The number of nitrogens with zero attached hydrogens (tertiary/aromatic N) is 3. The molecule has 0 aromatic carbocycles. The molecule has 0 aromatic heterocycles. The molecule has 0 radical (unpaired) electrons. The average Bonchev–Trinajstić information content (AvgIpc) is 3.61. The highest BCUT2D eigenvalue weighted by Crippen LogP contribution is 2.09. The molecule has 0 fully saturated rings. The first-order valence-corrected chi connectivity index (χ1v) is 17.8. The third kappa shape index (κ3) is 16.9. The van der Waals surface area contributed by atoms with Crippen LogP contribution in [0.4, 0.5) is 0 Å². The molecule has 0 spiro atoms. The summed E-state index contributed by atoms with van der Waals surface area (Å²) < 4.78 is 10.8. The van der Waals surface area contributed by atoms with E-state index in [2.05, 4.69) is 16.0 Å². The van der Waals surface area contributed by atoms with Crippen molar-refractivity contribution in [3.05, 3.63) is 24.3 Å². The van der Waals surface area contributed by atoms with Crippen LogP contribution in [0.15, 0.2) is 24.3 Å². The Morgan fingerprint density at radius 3 is 1.85 bits per heavy atom. The summed E-state index contributed by atoms with van der Waals surface area (Å²) in [6.07, 6.45) is 5.56. The third-order valence-electron chi connectivity index (χ3n) is 8.47. The van der Waals surface area contributed by atoms with E-state index in [-0.39, 0.29) is 89.4 Å². The number of carboxylic acid groups (broad SMARTS) is 1. The Balaban J connectivity index is 1.91. The van der Waals surface area contributed by atoms with Gasteiger partial charge in [0.15, 0.2) is 0 Å². The largest absolute Gasteiger partial charge is 0.481 e. The van der Waals surface area contributed by atoms with Gasteiger partial charge in [-0.05, 0) is 46.0 Å². The van der Waals surface area contributed by atoms with E-state index in [0.717, 1.165) is 34.1 Å². The molecule has 0 saturated heterocycles. The predicted octanol–water partition coefficient (Wildman–Crippen LogP) is -0.582. The highest BCUT2D eigenvalue weighted by molar-refractivity contribution is 6.13. The Morgan fingerprint density at radius 1 is 0.736 bits per heavy atom. The Kier molecular flexibility index (Phi) is 19.6. The number of ether oxygens (including phenoxy) is 2. The van der Waals surface area contributed by atoms with Crippen molar-refractivity contribution in [1.29, 1.82) is 0 Å². The number of nitrogens with one attached hydrogen (secondary N) is 3. The molecule has 18 heteroatoms. The highest BCUT2D eigenvalue weighted by atomic mass is 16.5. The van der Waals surface area contributed by atoms with Crippen LogP contribution in [0.5, 0.6) is 0 Å². The van der Waals surface area contributed by atoms with Crippen LogP contribution in [0.3, 0.4) is 0 Å². The molecule has 2 unspecified atom stereocenters. The molecule has 0 aromatic rings. The van der Waals surface area contributed by atoms with Crippen molar-refractivity contribution in [3.8, 4) is 0 Å². The highest BCUT2D eigenvalue weighted by Gasteiger charge is 2.28. The van der Waals surface area contributed by atoms with Crippen LogP contribution in [0.2, 0.25) is 0 Å². The number of carboxylic acids is 1. The van der Waals surface area contributed by atoms with Gasteiger partial charge in [-0.15, -0.1) is 0 Å². The molecule has 2 heterocycles. The fourth-order valence-corrected chi connectivity index (χ4v) is 5.24. The second-order valence-corrected chi connectivity index (χ2v) is 12.7. The van der Waals surface area contributed by atoms with Gasteiger partial charge in [0, 0.05) is 96.6 Å². The maximum absolute atomic E-state index is 13.3. The van der Waals surface area contributed by atoms with E-state index in [4.69, 9.17) is 14.6 Å². The third-order valence-corrected chi connectivity index (χ3v) is 8.47. The van der Waals surface area contributed by atoms with Gasteiger partial charge in [-0.1, -0.05) is 0 Å². The number of hydrogen-bond acceptors (Lipinski definition) is 11. The lowest BCUT2D eigenvalue weighted by molar-refractivity contribution is -0.140. The van der Waals surface area contributed by atoms with Gasteiger partial charge in [-0.2, -0.15) is 0 Å². The second-order valence-electron chi connectivity index (χ2n) is 12.7. The lowest BCUT2D eigenvalue weighted by atomic mass is 10.1. The predicted molar refractivity (Wildman–Crippen MR) is 187 cm³/mol. The maximum Gasteiger partial charge on any atom is 0.303 e. The number of carbonyl (C=O) groups is 9. The van der Waals surface area contributed by atoms with Crippen LogP contribution < -0.4 is 16.0 Å². The molecule has 0 bridgehead atoms. The van der Waals surface area contributed by atoms with Gasteiger partial charge >= 0.3 is 5.97 Å². The number of carbonyl (C=O) groups excluding carboxylic acids is 8. The summed E-state index contributed by atoms with van der Waals surface area (Å²) in [5, 5.41) is 17.0. The molecule has 4 N–H and O–H groups in total. The van der Waals surface area contributed by atoms with E-state index in [0.29, 0.717) is 32.4 Å². The summed E-state index contributed by atoms with van der Waals surface area (Å²) >= 11 is 0. The van der Waals surface area contributed by atoms with Gasteiger partial charge in [0.1, 0.15) is 6.04 Å². The number of imide groups is 2. The second kappa shape index (κ2) is 23.6. The first-order chi connectivity index (χ1) is 25.2. The molecule has 8 amide bonds. The molecule has 3 atom stereocenters. The van der Waals surface area contributed by atoms with E-state index in [1.54, 1.807) is 14.0 Å². The fourth-order valence-electron chi connectivity index (χ4n) is 5.24. The Labute approximate surface area is 308 Å². The van der Waals surface area contributed by atoms with Crippen molar-refractivity contribution >= 4 is 53.2 Å². The Bertz CT molecular complexity index is 1320. The lowest BCUT2D eigenvalue weighted by Crippen LogP contribution is -2.47. The Hall–Kier alpha value is -4.97. The van der Waals surface area contributed by atoms with Crippen molar-refractivity contribution < 1.29 is 57.7 Å². The number of amides is 8. The normalized spacial score (nSPS) is 15.5. The van der Waals surface area contributed by atoms with Gasteiger partial charge in [0.05, 0.1) is 18.6 Å². The molecule has 294 valence electrons. The van der Waals surface area contributed by atoms with Crippen molar-refractivity contribution in [2.45, 2.75) is 89.9 Å². The minimum absolute atomic E-state index is 0.0516. The summed E-state index contributed by atoms with van der Waals surface area (Å²) in [6, 6.07) is -1.00. The summed E-state index contributed by atoms with van der Waals surface area (Å²) in [5.74, 6) is -5.09. The van der Waals surface area contributed by atoms with Crippen LogP contribution in [-0.2, 0) is 52.6 Å². The molecular formula is C35H52N6O12. The van der Waals surface area contributed by atoms with E-state index in [1.165, 1.54) is 4.90 Å². The topological polar surface area (TPSA) is 238 Å².